The highest BCUT2D eigenvalue weighted by Crippen LogP contribution is 2.35. The third-order valence-corrected chi connectivity index (χ3v) is 5.97. The zero-order valence-electron chi connectivity index (χ0n) is 16.8. The van der Waals surface area contributed by atoms with Crippen LogP contribution in [0.25, 0.3) is 0 Å². The maximum Gasteiger partial charge on any atom is 0.417 e. The lowest BCUT2D eigenvalue weighted by Gasteiger charge is -2.37. The van der Waals surface area contributed by atoms with Crippen molar-refractivity contribution in [2.45, 2.75) is 37.5 Å². The Bertz CT molecular complexity index is 1030. The highest BCUT2D eigenvalue weighted by atomic mass is 35.5. The second-order valence-electron chi connectivity index (χ2n) is 7.68. The van der Waals surface area contributed by atoms with Gasteiger partial charge in [0.15, 0.2) is 5.69 Å². The van der Waals surface area contributed by atoms with Gasteiger partial charge in [-0.2, -0.15) is 18.4 Å². The molecule has 2 aliphatic heterocycles. The number of pyridine rings is 1. The van der Waals surface area contributed by atoms with Crippen molar-refractivity contribution in [2.75, 3.05) is 29.9 Å². The third kappa shape index (κ3) is 4.55. The number of anilines is 2. The van der Waals surface area contributed by atoms with Crippen molar-refractivity contribution in [2.24, 2.45) is 0 Å². The van der Waals surface area contributed by atoms with Gasteiger partial charge in [0.1, 0.15) is 23.7 Å². The quantitative estimate of drug-likeness (QED) is 0.740. The van der Waals surface area contributed by atoms with Gasteiger partial charge in [0.05, 0.1) is 10.6 Å². The lowest BCUT2D eigenvalue weighted by atomic mass is 10.0. The van der Waals surface area contributed by atoms with Gasteiger partial charge in [-0.1, -0.05) is 11.6 Å². The van der Waals surface area contributed by atoms with Gasteiger partial charge in [-0.25, -0.2) is 4.98 Å². The zero-order valence-corrected chi connectivity index (χ0v) is 17.6. The number of alkyl halides is 3. The molecule has 1 amide bonds. The molecule has 0 bridgehead atoms. The average molecular weight is 466 g/mol. The first-order chi connectivity index (χ1) is 15.3. The number of hydrogen-bond donors (Lipinski definition) is 1. The van der Waals surface area contributed by atoms with E-state index < -0.39 is 17.8 Å². The minimum absolute atomic E-state index is 0.0275. The maximum absolute atomic E-state index is 12.9. The van der Waals surface area contributed by atoms with Gasteiger partial charge in [-0.05, 0) is 37.5 Å². The summed E-state index contributed by atoms with van der Waals surface area (Å²) in [6.45, 7) is 1.67. The second kappa shape index (κ2) is 8.78. The molecule has 1 atom stereocenters. The van der Waals surface area contributed by atoms with Crippen molar-refractivity contribution in [3.8, 4) is 6.07 Å². The molecule has 4 rings (SSSR count). The predicted octanol–water partition coefficient (Wildman–Crippen LogP) is 3.10. The molecule has 168 valence electrons. The Labute approximate surface area is 187 Å². The van der Waals surface area contributed by atoms with Gasteiger partial charge >= 0.3 is 6.18 Å². The van der Waals surface area contributed by atoms with Gasteiger partial charge in [0.25, 0.3) is 0 Å². The molecule has 0 spiro atoms. The minimum atomic E-state index is -4.49. The summed E-state index contributed by atoms with van der Waals surface area (Å²) in [5.74, 6) is 0.729. The van der Waals surface area contributed by atoms with E-state index in [2.05, 4.69) is 20.5 Å². The molecule has 1 unspecified atom stereocenters. The van der Waals surface area contributed by atoms with Crippen LogP contribution in [-0.2, 0) is 11.0 Å². The fourth-order valence-electron chi connectivity index (χ4n) is 4.05. The first-order valence-electron chi connectivity index (χ1n) is 10.0. The number of amides is 1. The highest BCUT2D eigenvalue weighted by Gasteiger charge is 2.38. The first-order valence-corrected chi connectivity index (χ1v) is 10.4. The summed E-state index contributed by atoms with van der Waals surface area (Å²) >= 11 is 6.06. The molecule has 0 aliphatic carbocycles. The van der Waals surface area contributed by atoms with Crippen LogP contribution in [0.15, 0.2) is 24.4 Å². The Balaban J connectivity index is 1.34. The molecule has 0 radical (unpaired) electrons. The number of carbonyl (C=O) groups excluding carboxylic acids is 1. The van der Waals surface area contributed by atoms with Crippen LogP contribution in [0.5, 0.6) is 0 Å². The Hall–Kier alpha value is -3.13. The van der Waals surface area contributed by atoms with Crippen LogP contribution in [0.2, 0.25) is 5.02 Å². The lowest BCUT2D eigenvalue weighted by molar-refractivity contribution is -0.137. The molecular formula is C20H19ClF3N7O. The molecule has 2 aliphatic rings. The number of nitrogens with zero attached hydrogens (tertiary/aromatic N) is 6. The normalized spacial score (nSPS) is 19.8. The zero-order chi connectivity index (χ0) is 22.9. The second-order valence-corrected chi connectivity index (χ2v) is 8.09. The molecule has 2 aromatic heterocycles. The summed E-state index contributed by atoms with van der Waals surface area (Å²) in [4.78, 5) is 20.5. The molecule has 2 saturated heterocycles. The van der Waals surface area contributed by atoms with Gasteiger partial charge in [-0.3, -0.25) is 4.79 Å². The number of halogens is 4. The molecule has 8 nitrogen and oxygen atoms in total. The topological polar surface area (TPSA) is 98.0 Å². The van der Waals surface area contributed by atoms with Crippen molar-refractivity contribution in [3.05, 3.63) is 40.7 Å². The molecule has 2 fully saturated rings. The fraction of sp³-hybridized carbons (Fsp3) is 0.450. The molecular weight excluding hydrogens is 447 g/mol. The molecule has 2 aromatic rings. The SMILES string of the molecule is N#Cc1ccc(NC2CCN(C3CCN(c4ncc(C(F)(F)F)cc4Cl)CC3)C2=O)nn1. The van der Waals surface area contributed by atoms with E-state index in [0.29, 0.717) is 50.5 Å². The van der Waals surface area contributed by atoms with Crippen LogP contribution >= 0.6 is 11.6 Å². The van der Waals surface area contributed by atoms with E-state index >= 15 is 0 Å². The van der Waals surface area contributed by atoms with E-state index in [1.807, 2.05) is 15.9 Å². The van der Waals surface area contributed by atoms with E-state index in [1.54, 1.807) is 6.07 Å². The number of piperidine rings is 1. The summed E-state index contributed by atoms with van der Waals surface area (Å²) in [6, 6.07) is 5.54. The minimum Gasteiger partial charge on any atom is -0.357 e. The summed E-state index contributed by atoms with van der Waals surface area (Å²) in [7, 11) is 0. The first kappa shape index (κ1) is 22.1. The van der Waals surface area contributed by atoms with Crippen LogP contribution < -0.4 is 10.2 Å². The van der Waals surface area contributed by atoms with Crippen LogP contribution in [0.4, 0.5) is 24.8 Å². The van der Waals surface area contributed by atoms with Crippen molar-refractivity contribution in [1.29, 1.82) is 5.26 Å². The third-order valence-electron chi connectivity index (χ3n) is 5.69. The number of nitrogens with one attached hydrogen (secondary N) is 1. The van der Waals surface area contributed by atoms with Crippen molar-refractivity contribution in [1.82, 2.24) is 20.1 Å². The van der Waals surface area contributed by atoms with Crippen molar-refractivity contribution < 1.29 is 18.0 Å². The predicted molar refractivity (Wildman–Crippen MR) is 110 cm³/mol. The largest absolute Gasteiger partial charge is 0.417 e. The number of hydrogen-bond acceptors (Lipinski definition) is 7. The standard InChI is InChI=1S/C20H19ClF3N7O/c21-15-9-12(20(22,23)24)11-26-18(15)30-6-3-14(4-7-30)31-8-5-16(19(31)32)27-17-2-1-13(10-25)28-29-17/h1-2,9,11,14,16H,3-8H2,(H,27,29). The van der Waals surface area contributed by atoms with Crippen molar-refractivity contribution >= 4 is 29.1 Å². The van der Waals surface area contributed by atoms with E-state index in [4.69, 9.17) is 16.9 Å². The lowest BCUT2D eigenvalue weighted by Crippen LogP contribution is -2.47. The van der Waals surface area contributed by atoms with Gasteiger partial charge < -0.3 is 15.1 Å². The number of aromatic nitrogens is 3. The number of rotatable bonds is 4. The van der Waals surface area contributed by atoms with E-state index in [0.717, 1.165) is 12.3 Å². The van der Waals surface area contributed by atoms with E-state index in [1.165, 1.54) is 6.07 Å². The maximum atomic E-state index is 12.9. The molecule has 12 heteroatoms. The van der Waals surface area contributed by atoms with Gasteiger partial charge in [0, 0.05) is 31.9 Å². The molecule has 0 aromatic carbocycles. The summed E-state index contributed by atoms with van der Waals surface area (Å²) in [6.07, 6.45) is -1.76. The Kier molecular flexibility index (Phi) is 6.06. The average Bonchev–Trinajstić information content (AvgIpc) is 3.14. The molecule has 0 saturated carbocycles. The summed E-state index contributed by atoms with van der Waals surface area (Å²) in [5.41, 5.74) is -0.682. The van der Waals surface area contributed by atoms with Crippen LogP contribution in [0, 0.1) is 11.3 Å². The summed E-state index contributed by atoms with van der Waals surface area (Å²) in [5, 5.41) is 19.5. The molecule has 32 heavy (non-hydrogen) atoms. The Morgan fingerprint density at radius 2 is 1.91 bits per heavy atom. The van der Waals surface area contributed by atoms with Gasteiger partial charge in [-0.15, -0.1) is 10.2 Å². The monoisotopic (exact) mass is 465 g/mol. The summed E-state index contributed by atoms with van der Waals surface area (Å²) < 4.78 is 38.5. The smallest absolute Gasteiger partial charge is 0.357 e. The fourth-order valence-corrected chi connectivity index (χ4v) is 4.34. The number of nitriles is 1. The van der Waals surface area contributed by atoms with Crippen LogP contribution in [0.1, 0.15) is 30.5 Å². The van der Waals surface area contributed by atoms with Crippen molar-refractivity contribution in [3.63, 3.8) is 0 Å². The van der Waals surface area contributed by atoms with Crippen LogP contribution in [0.3, 0.4) is 0 Å². The Morgan fingerprint density at radius 3 is 2.50 bits per heavy atom. The van der Waals surface area contributed by atoms with E-state index in [-0.39, 0.29) is 22.7 Å². The number of likely N-dealkylation sites (tertiary alicyclic amines) is 1. The van der Waals surface area contributed by atoms with Gasteiger partial charge in [0.2, 0.25) is 5.91 Å². The highest BCUT2D eigenvalue weighted by molar-refractivity contribution is 6.33. The number of carbonyl (C=O) groups is 1. The Morgan fingerprint density at radius 1 is 1.16 bits per heavy atom. The van der Waals surface area contributed by atoms with Crippen LogP contribution in [-0.4, -0.2) is 57.7 Å². The van der Waals surface area contributed by atoms with E-state index in [9.17, 15) is 18.0 Å². The molecule has 1 N–H and O–H groups in total. The molecule has 4 heterocycles.